The summed E-state index contributed by atoms with van der Waals surface area (Å²) >= 11 is 0. The number of hydrogen-bond donors (Lipinski definition) is 0. The molecule has 0 aromatic heterocycles. The van der Waals surface area contributed by atoms with E-state index in [1.807, 2.05) is 0 Å². The number of carbonyl (C=O) groups is 2. The van der Waals surface area contributed by atoms with Gasteiger partial charge in [-0.2, -0.15) is 0 Å². The number of aryl methyl sites for hydroxylation is 1. The molecule has 1 atom stereocenters. The summed E-state index contributed by atoms with van der Waals surface area (Å²) in [4.78, 5) is 24.4. The quantitative estimate of drug-likeness (QED) is 0.0534. The normalized spacial score (nSPS) is 16.5. The van der Waals surface area contributed by atoms with E-state index in [0.717, 1.165) is 23.1 Å². The summed E-state index contributed by atoms with van der Waals surface area (Å²) in [6.07, 6.45) is 4.15. The van der Waals surface area contributed by atoms with E-state index in [9.17, 15) is 9.59 Å². The zero-order valence-corrected chi connectivity index (χ0v) is 37.8. The van der Waals surface area contributed by atoms with E-state index in [0.29, 0.717) is 37.2 Å². The number of fused-ring (bicyclic) bond motifs is 9. The predicted molar refractivity (Wildman–Crippen MR) is 258 cm³/mol. The predicted octanol–water partition coefficient (Wildman–Crippen LogP) is 14.0. The van der Waals surface area contributed by atoms with E-state index in [-0.39, 0.29) is 22.8 Å². The zero-order chi connectivity index (χ0) is 44.6. The number of carbonyl (C=O) groups excluding carboxylic acids is 2. The van der Waals surface area contributed by atoms with Crippen LogP contribution >= 0.6 is 0 Å². The summed E-state index contributed by atoms with van der Waals surface area (Å²) in [5, 5.41) is 0. The Hall–Kier alpha value is -6.52. The van der Waals surface area contributed by atoms with Gasteiger partial charge in [0.1, 0.15) is 0 Å². The third kappa shape index (κ3) is 6.82. The van der Waals surface area contributed by atoms with Crippen molar-refractivity contribution < 1.29 is 19.1 Å². The molecule has 9 rings (SSSR count). The van der Waals surface area contributed by atoms with Gasteiger partial charge in [0.15, 0.2) is 0 Å². The highest BCUT2D eigenvalue weighted by Crippen LogP contribution is 2.56. The second kappa shape index (κ2) is 15.4. The van der Waals surface area contributed by atoms with E-state index in [1.165, 1.54) is 83.5 Å². The van der Waals surface area contributed by atoms with Crippen LogP contribution in [0, 0.1) is 6.92 Å². The Morgan fingerprint density at radius 2 is 0.905 bits per heavy atom. The maximum absolute atomic E-state index is 12.4. The van der Waals surface area contributed by atoms with Crippen molar-refractivity contribution in [3.05, 3.63) is 191 Å². The molecule has 1 unspecified atom stereocenters. The summed E-state index contributed by atoms with van der Waals surface area (Å²) in [5.74, 6) is -0.717. The molecule has 0 aliphatic heterocycles. The fraction of sp³-hybridized carbons (Fsp3) is 0.254. The molecule has 4 nitrogen and oxygen atoms in total. The lowest BCUT2D eigenvalue weighted by Gasteiger charge is -2.29. The van der Waals surface area contributed by atoms with Gasteiger partial charge in [-0.15, -0.1) is 6.58 Å². The van der Waals surface area contributed by atoms with E-state index < -0.39 is 5.41 Å². The van der Waals surface area contributed by atoms with Gasteiger partial charge in [0.05, 0.1) is 13.2 Å². The van der Waals surface area contributed by atoms with Gasteiger partial charge in [0.2, 0.25) is 0 Å². The molecule has 0 radical (unpaired) electrons. The molecule has 0 spiro atoms. The van der Waals surface area contributed by atoms with E-state index in [4.69, 9.17) is 9.47 Å². The van der Waals surface area contributed by atoms with Crippen molar-refractivity contribution in [2.45, 2.75) is 84.0 Å². The Morgan fingerprint density at radius 1 is 0.524 bits per heavy atom. The van der Waals surface area contributed by atoms with Crippen molar-refractivity contribution in [3.8, 4) is 55.6 Å². The maximum atomic E-state index is 12.4. The molecule has 3 aliphatic rings. The van der Waals surface area contributed by atoms with Crippen LogP contribution in [0.15, 0.2) is 146 Å². The first-order chi connectivity index (χ1) is 30.0. The molecule has 0 bridgehead atoms. The molecule has 0 saturated heterocycles. The summed E-state index contributed by atoms with van der Waals surface area (Å²) in [6, 6.07) is 41.2. The summed E-state index contributed by atoms with van der Waals surface area (Å²) < 4.78 is 11.1. The lowest BCUT2D eigenvalue weighted by molar-refractivity contribution is -0.139. The van der Waals surface area contributed by atoms with Gasteiger partial charge >= 0.3 is 11.9 Å². The standard InChI is InChI=1S/C59H56O4/c1-11-59(26-12-27-62-55(60)35(2)3)53-33-41(39-15-21-45-43-19-13-37(6)29-49(43)57(7,8)51(45)31-39)17-23-47(53)48-24-18-42(34-54(48)59)40-16-22-46-44-20-14-38(25-28-63-56(61)36(4)5)30-50(44)58(9,10)52(46)32-40/h11,13-24,29-34H,1-2,4,12,25-28H2,3,5-10H3. The first-order valence-corrected chi connectivity index (χ1v) is 22.2. The van der Waals surface area contributed by atoms with Crippen LogP contribution < -0.4 is 0 Å². The second-order valence-electron chi connectivity index (χ2n) is 19.1. The molecule has 0 heterocycles. The summed E-state index contributed by atoms with van der Waals surface area (Å²) in [7, 11) is 0. The molecule has 0 fully saturated rings. The maximum Gasteiger partial charge on any atom is 0.333 e. The van der Waals surface area contributed by atoms with Crippen LogP contribution in [0.5, 0.6) is 0 Å². The molecule has 316 valence electrons. The molecule has 3 aliphatic carbocycles. The van der Waals surface area contributed by atoms with Crippen LogP contribution in [0.3, 0.4) is 0 Å². The number of rotatable bonds is 12. The Morgan fingerprint density at radius 3 is 1.37 bits per heavy atom. The topological polar surface area (TPSA) is 52.6 Å². The van der Waals surface area contributed by atoms with Gasteiger partial charge in [-0.05, 0) is 152 Å². The Kier molecular flexibility index (Phi) is 10.2. The van der Waals surface area contributed by atoms with Gasteiger partial charge in [0.25, 0.3) is 0 Å². The highest BCUT2D eigenvalue weighted by atomic mass is 16.5. The monoisotopic (exact) mass is 828 g/mol. The van der Waals surface area contributed by atoms with E-state index in [2.05, 4.69) is 170 Å². The second-order valence-corrected chi connectivity index (χ2v) is 19.1. The first kappa shape index (κ1) is 41.8. The lowest BCUT2D eigenvalue weighted by atomic mass is 9.73. The van der Waals surface area contributed by atoms with Crippen LogP contribution in [0.1, 0.15) is 98.9 Å². The van der Waals surface area contributed by atoms with Crippen molar-refractivity contribution in [2.24, 2.45) is 0 Å². The number of allylic oxidation sites excluding steroid dienone is 1. The van der Waals surface area contributed by atoms with Crippen LogP contribution in [0.4, 0.5) is 0 Å². The smallest absolute Gasteiger partial charge is 0.333 e. The lowest BCUT2D eigenvalue weighted by Crippen LogP contribution is -2.23. The highest BCUT2D eigenvalue weighted by molar-refractivity contribution is 5.91. The molecule has 6 aromatic rings. The largest absolute Gasteiger partial charge is 0.462 e. The van der Waals surface area contributed by atoms with E-state index in [1.54, 1.807) is 13.8 Å². The van der Waals surface area contributed by atoms with E-state index >= 15 is 0 Å². The van der Waals surface area contributed by atoms with Gasteiger partial charge in [-0.1, -0.05) is 137 Å². The fourth-order valence-electron chi connectivity index (χ4n) is 10.6. The van der Waals surface area contributed by atoms with Gasteiger partial charge in [-0.3, -0.25) is 0 Å². The molecule has 4 heteroatoms. The zero-order valence-electron chi connectivity index (χ0n) is 37.8. The average Bonchev–Trinajstić information content (AvgIpc) is 3.77. The third-order valence-corrected chi connectivity index (χ3v) is 14.1. The molecule has 6 aromatic carbocycles. The van der Waals surface area contributed by atoms with Crippen molar-refractivity contribution in [1.29, 1.82) is 0 Å². The number of hydrogen-bond acceptors (Lipinski definition) is 4. The molecule has 0 N–H and O–H groups in total. The Bertz CT molecular complexity index is 2950. The van der Waals surface area contributed by atoms with Crippen LogP contribution in [-0.4, -0.2) is 25.2 Å². The van der Waals surface area contributed by atoms with Crippen LogP contribution in [0.2, 0.25) is 0 Å². The first-order valence-electron chi connectivity index (χ1n) is 22.2. The molecule has 63 heavy (non-hydrogen) atoms. The van der Waals surface area contributed by atoms with Crippen LogP contribution in [-0.2, 0) is 41.7 Å². The Balaban J connectivity index is 1.07. The van der Waals surface area contributed by atoms with Crippen LogP contribution in [0.25, 0.3) is 55.6 Å². The molecular formula is C59H56O4. The van der Waals surface area contributed by atoms with Gasteiger partial charge < -0.3 is 9.47 Å². The minimum Gasteiger partial charge on any atom is -0.462 e. The molecule has 0 amide bonds. The van der Waals surface area contributed by atoms with Crippen molar-refractivity contribution in [2.75, 3.05) is 13.2 Å². The SMILES string of the molecule is C=CC1(CCCOC(=O)C(=C)C)c2cc(-c3ccc4c(c3)C(C)(C)c3cc(C)ccc3-4)ccc2-c2ccc(-c3ccc4c(c3)C(C)(C)c3cc(CCOC(=O)C(=C)C)ccc3-4)cc21. The van der Waals surface area contributed by atoms with Gasteiger partial charge in [0, 0.05) is 33.8 Å². The van der Waals surface area contributed by atoms with Crippen molar-refractivity contribution in [3.63, 3.8) is 0 Å². The highest BCUT2D eigenvalue weighted by Gasteiger charge is 2.42. The minimum atomic E-state index is -0.516. The summed E-state index contributed by atoms with van der Waals surface area (Å²) in [5.41, 5.74) is 22.3. The summed E-state index contributed by atoms with van der Waals surface area (Å²) in [6.45, 7) is 27.4. The van der Waals surface area contributed by atoms with Crippen molar-refractivity contribution >= 4 is 11.9 Å². The minimum absolute atomic E-state index is 0.108. The average molecular weight is 829 g/mol. The molecular weight excluding hydrogens is 773 g/mol. The fourth-order valence-corrected chi connectivity index (χ4v) is 10.6. The van der Waals surface area contributed by atoms with Gasteiger partial charge in [-0.25, -0.2) is 9.59 Å². The Labute approximate surface area is 373 Å². The number of benzene rings is 6. The molecule has 0 saturated carbocycles. The number of ether oxygens (including phenoxy) is 2. The number of esters is 2. The third-order valence-electron chi connectivity index (χ3n) is 14.1. The van der Waals surface area contributed by atoms with Crippen molar-refractivity contribution in [1.82, 2.24) is 0 Å².